The van der Waals surface area contributed by atoms with Gasteiger partial charge in [0.25, 0.3) is 15.9 Å². The number of benzene rings is 2. The molecule has 24 heavy (non-hydrogen) atoms. The van der Waals surface area contributed by atoms with Crippen LogP contribution >= 0.6 is 0 Å². The van der Waals surface area contributed by atoms with E-state index in [4.69, 9.17) is 4.74 Å². The lowest BCUT2D eigenvalue weighted by Gasteiger charge is -2.15. The Balaban J connectivity index is 1.97. The van der Waals surface area contributed by atoms with E-state index in [1.807, 2.05) is 11.8 Å². The lowest BCUT2D eigenvalue weighted by molar-refractivity contribution is -0.127. The maximum absolute atomic E-state index is 13.5. The molecule has 0 heterocycles. The SMILES string of the molecule is Cc1ccc(S(=O)(=O)NNC(=O)[C@H](C)Oc2ccccc2F)cc1. The molecular formula is C16H17FN2O4S. The zero-order valence-electron chi connectivity index (χ0n) is 13.1. The van der Waals surface area contributed by atoms with Crippen molar-refractivity contribution in [1.29, 1.82) is 0 Å². The third kappa shape index (κ3) is 4.53. The molecule has 2 aromatic carbocycles. The Kier molecular flexibility index (Phi) is 5.53. The Labute approximate surface area is 139 Å². The largest absolute Gasteiger partial charge is 0.478 e. The number of hydrogen-bond acceptors (Lipinski definition) is 4. The van der Waals surface area contributed by atoms with Gasteiger partial charge in [-0.3, -0.25) is 10.2 Å². The van der Waals surface area contributed by atoms with E-state index in [-0.39, 0.29) is 10.6 Å². The number of sulfonamides is 1. The van der Waals surface area contributed by atoms with Crippen LogP contribution in [0.1, 0.15) is 12.5 Å². The van der Waals surface area contributed by atoms with Gasteiger partial charge < -0.3 is 4.74 Å². The van der Waals surface area contributed by atoms with Crippen LogP contribution in [0.5, 0.6) is 5.75 Å². The van der Waals surface area contributed by atoms with Gasteiger partial charge in [0.2, 0.25) is 0 Å². The topological polar surface area (TPSA) is 84.5 Å². The van der Waals surface area contributed by atoms with Crippen LogP contribution in [0, 0.1) is 12.7 Å². The summed E-state index contributed by atoms with van der Waals surface area (Å²) in [5.74, 6) is -1.46. The minimum atomic E-state index is -3.90. The molecule has 0 radical (unpaired) electrons. The van der Waals surface area contributed by atoms with E-state index in [2.05, 4.69) is 5.43 Å². The Morgan fingerprint density at radius 3 is 2.38 bits per heavy atom. The molecule has 6 nitrogen and oxygen atoms in total. The lowest BCUT2D eigenvalue weighted by Crippen LogP contribution is -2.47. The number of halogens is 1. The molecule has 0 aliphatic carbocycles. The minimum absolute atomic E-state index is 0.0103. The second kappa shape index (κ2) is 7.41. The van der Waals surface area contributed by atoms with Crippen LogP contribution in [0.2, 0.25) is 0 Å². The normalized spacial score (nSPS) is 12.5. The highest BCUT2D eigenvalue weighted by atomic mass is 32.2. The fourth-order valence-corrected chi connectivity index (χ4v) is 2.63. The average molecular weight is 352 g/mol. The van der Waals surface area contributed by atoms with Crippen LogP contribution in [0.25, 0.3) is 0 Å². The molecule has 0 saturated carbocycles. The summed E-state index contributed by atoms with van der Waals surface area (Å²) in [4.78, 5) is 13.9. The van der Waals surface area contributed by atoms with E-state index in [1.165, 1.54) is 37.3 Å². The van der Waals surface area contributed by atoms with Gasteiger partial charge in [-0.05, 0) is 38.1 Å². The van der Waals surface area contributed by atoms with E-state index in [1.54, 1.807) is 18.2 Å². The van der Waals surface area contributed by atoms with Crippen molar-refractivity contribution in [2.24, 2.45) is 0 Å². The molecule has 1 amide bonds. The molecule has 2 N–H and O–H groups in total. The summed E-state index contributed by atoms with van der Waals surface area (Å²) in [7, 11) is -3.90. The Bertz CT molecular complexity index is 822. The first-order valence-electron chi connectivity index (χ1n) is 7.09. The van der Waals surface area contributed by atoms with Crippen molar-refractivity contribution >= 4 is 15.9 Å². The van der Waals surface area contributed by atoms with Gasteiger partial charge in [0.1, 0.15) is 0 Å². The van der Waals surface area contributed by atoms with Crippen LogP contribution in [0.3, 0.4) is 0 Å². The number of hydrogen-bond donors (Lipinski definition) is 2. The van der Waals surface area contributed by atoms with Gasteiger partial charge in [-0.15, -0.1) is 4.83 Å². The molecule has 0 bridgehead atoms. The first-order valence-corrected chi connectivity index (χ1v) is 8.57. The van der Waals surface area contributed by atoms with E-state index >= 15 is 0 Å². The highest BCUT2D eigenvalue weighted by Crippen LogP contribution is 2.17. The summed E-state index contributed by atoms with van der Waals surface area (Å²) in [5.41, 5.74) is 2.96. The molecule has 0 spiro atoms. The van der Waals surface area contributed by atoms with Crippen LogP contribution in [0.15, 0.2) is 53.4 Å². The van der Waals surface area contributed by atoms with Gasteiger partial charge in [-0.2, -0.15) is 0 Å². The molecule has 0 unspecified atom stereocenters. The number of rotatable bonds is 6. The molecule has 0 aliphatic rings. The smallest absolute Gasteiger partial charge is 0.275 e. The number of aryl methyl sites for hydroxylation is 1. The first kappa shape index (κ1) is 17.9. The van der Waals surface area contributed by atoms with Crippen molar-refractivity contribution < 1.29 is 22.3 Å². The van der Waals surface area contributed by atoms with Crippen LogP contribution in [-0.2, 0) is 14.8 Å². The van der Waals surface area contributed by atoms with Crippen molar-refractivity contribution in [3.05, 3.63) is 59.9 Å². The molecule has 1 atom stereocenters. The third-order valence-electron chi connectivity index (χ3n) is 3.15. The van der Waals surface area contributed by atoms with Crippen LogP contribution in [0.4, 0.5) is 4.39 Å². The molecule has 0 fully saturated rings. The lowest BCUT2D eigenvalue weighted by atomic mass is 10.2. The third-order valence-corrected chi connectivity index (χ3v) is 4.41. The van der Waals surface area contributed by atoms with E-state index < -0.39 is 27.9 Å². The van der Waals surface area contributed by atoms with Crippen molar-refractivity contribution in [1.82, 2.24) is 10.3 Å². The minimum Gasteiger partial charge on any atom is -0.478 e. The number of amides is 1. The standard InChI is InChI=1S/C16H17FN2O4S/c1-11-7-9-13(10-8-11)24(21,22)19-18-16(20)12(2)23-15-6-4-3-5-14(15)17/h3-10,12,19H,1-2H3,(H,18,20)/t12-/m0/s1. The molecular weight excluding hydrogens is 335 g/mol. The number of ether oxygens (including phenoxy) is 1. The number of para-hydroxylation sites is 1. The van der Waals surface area contributed by atoms with Crippen LogP contribution in [-0.4, -0.2) is 20.4 Å². The molecule has 8 heteroatoms. The highest BCUT2D eigenvalue weighted by Gasteiger charge is 2.20. The van der Waals surface area contributed by atoms with Gasteiger partial charge in [0.15, 0.2) is 17.7 Å². The molecule has 2 aromatic rings. The Morgan fingerprint density at radius 2 is 1.75 bits per heavy atom. The fourth-order valence-electron chi connectivity index (χ4n) is 1.78. The second-order valence-corrected chi connectivity index (χ2v) is 6.78. The van der Waals surface area contributed by atoms with Gasteiger partial charge in [-0.1, -0.05) is 29.8 Å². The summed E-state index contributed by atoms with van der Waals surface area (Å²) < 4.78 is 42.8. The summed E-state index contributed by atoms with van der Waals surface area (Å²) in [6.45, 7) is 3.20. The maximum Gasteiger partial charge on any atom is 0.275 e. The average Bonchev–Trinajstić information content (AvgIpc) is 2.55. The Hall–Kier alpha value is -2.45. The zero-order valence-corrected chi connectivity index (χ0v) is 13.9. The van der Waals surface area contributed by atoms with Gasteiger partial charge in [0.05, 0.1) is 4.90 Å². The molecule has 0 saturated heterocycles. The molecule has 0 aromatic heterocycles. The van der Waals surface area contributed by atoms with Gasteiger partial charge >= 0.3 is 0 Å². The quantitative estimate of drug-likeness (QED) is 0.778. The summed E-state index contributed by atoms with van der Waals surface area (Å²) in [6.07, 6.45) is -1.09. The Morgan fingerprint density at radius 1 is 1.12 bits per heavy atom. The van der Waals surface area contributed by atoms with Crippen molar-refractivity contribution in [3.8, 4) is 5.75 Å². The second-order valence-electron chi connectivity index (χ2n) is 5.10. The summed E-state index contributed by atoms with van der Waals surface area (Å²) in [5, 5.41) is 0. The summed E-state index contributed by atoms with van der Waals surface area (Å²) >= 11 is 0. The maximum atomic E-state index is 13.5. The number of nitrogens with one attached hydrogen (secondary N) is 2. The van der Waals surface area contributed by atoms with Crippen LogP contribution < -0.4 is 15.0 Å². The highest BCUT2D eigenvalue weighted by molar-refractivity contribution is 7.89. The first-order chi connectivity index (χ1) is 11.3. The number of carbonyl (C=O) groups excluding carboxylic acids is 1. The zero-order chi connectivity index (χ0) is 17.7. The van der Waals surface area contributed by atoms with Crippen molar-refractivity contribution in [2.75, 3.05) is 0 Å². The van der Waals surface area contributed by atoms with Gasteiger partial charge in [0, 0.05) is 0 Å². The molecule has 128 valence electrons. The summed E-state index contributed by atoms with van der Waals surface area (Å²) in [6, 6.07) is 11.7. The number of carbonyl (C=O) groups is 1. The van der Waals surface area contributed by atoms with E-state index in [9.17, 15) is 17.6 Å². The van der Waals surface area contributed by atoms with Crippen molar-refractivity contribution in [3.63, 3.8) is 0 Å². The van der Waals surface area contributed by atoms with Gasteiger partial charge in [-0.25, -0.2) is 12.8 Å². The predicted molar refractivity (Wildman–Crippen MR) is 86.1 cm³/mol. The van der Waals surface area contributed by atoms with E-state index in [0.29, 0.717) is 0 Å². The monoisotopic (exact) mass is 352 g/mol. The predicted octanol–water partition coefficient (Wildman–Crippen LogP) is 1.91. The molecule has 2 rings (SSSR count). The molecule has 0 aliphatic heterocycles. The van der Waals surface area contributed by atoms with Crippen molar-refractivity contribution in [2.45, 2.75) is 24.8 Å². The van der Waals surface area contributed by atoms with E-state index in [0.717, 1.165) is 5.56 Å². The fraction of sp³-hybridized carbons (Fsp3) is 0.188. The number of hydrazine groups is 1.